The van der Waals surface area contributed by atoms with Gasteiger partial charge in [0.15, 0.2) is 0 Å². The minimum Gasteiger partial charge on any atom is -0.345 e. The summed E-state index contributed by atoms with van der Waals surface area (Å²) >= 11 is 11.6. The van der Waals surface area contributed by atoms with Crippen LogP contribution in [0, 0.1) is 12.3 Å². The number of hydrogen-bond donors (Lipinski definition) is 2. The summed E-state index contributed by atoms with van der Waals surface area (Å²) in [6.45, 7) is 0.167. The number of halogens is 2. The second kappa shape index (κ2) is 8.26. The summed E-state index contributed by atoms with van der Waals surface area (Å²) in [5.74, 6) is 2.11. The number of terminal acetylenes is 1. The monoisotopic (exact) mass is 396 g/mol. The van der Waals surface area contributed by atoms with E-state index < -0.39 is 10.0 Å². The zero-order valence-corrected chi connectivity index (χ0v) is 15.3. The van der Waals surface area contributed by atoms with Gasteiger partial charge in [-0.15, -0.1) is 6.42 Å². The molecular formula is C17H14Cl2N2O3S. The molecule has 0 aliphatic carbocycles. The Labute approximate surface area is 156 Å². The van der Waals surface area contributed by atoms with Crippen molar-refractivity contribution in [3.63, 3.8) is 0 Å². The summed E-state index contributed by atoms with van der Waals surface area (Å²) in [6, 6.07) is 10.5. The van der Waals surface area contributed by atoms with Crippen LogP contribution in [0.4, 0.5) is 5.69 Å². The van der Waals surface area contributed by atoms with Crippen molar-refractivity contribution in [1.82, 2.24) is 5.32 Å². The summed E-state index contributed by atoms with van der Waals surface area (Å²) in [4.78, 5) is 11.6. The first-order valence-electron chi connectivity index (χ1n) is 7.09. The molecule has 0 aromatic heterocycles. The van der Waals surface area contributed by atoms with Crippen LogP contribution in [0.1, 0.15) is 5.56 Å². The van der Waals surface area contributed by atoms with Crippen LogP contribution in [0.3, 0.4) is 0 Å². The zero-order chi connectivity index (χ0) is 18.4. The molecule has 0 heterocycles. The van der Waals surface area contributed by atoms with Crippen molar-refractivity contribution < 1.29 is 13.2 Å². The number of carbonyl (C=O) groups excluding carboxylic acids is 1. The highest BCUT2D eigenvalue weighted by Crippen LogP contribution is 2.26. The van der Waals surface area contributed by atoms with Gasteiger partial charge in [-0.3, -0.25) is 9.52 Å². The van der Waals surface area contributed by atoms with Crippen molar-refractivity contribution in [2.24, 2.45) is 0 Å². The number of hydrogen-bond acceptors (Lipinski definition) is 3. The molecule has 8 heteroatoms. The Morgan fingerprint density at radius 1 is 1.08 bits per heavy atom. The molecule has 0 atom stereocenters. The second-order valence-electron chi connectivity index (χ2n) is 5.04. The predicted octanol–water partition coefficient (Wildman–Crippen LogP) is 3.09. The van der Waals surface area contributed by atoms with Crippen molar-refractivity contribution in [3.05, 3.63) is 58.1 Å². The number of sulfonamides is 1. The average Bonchev–Trinajstić information content (AvgIpc) is 2.57. The quantitative estimate of drug-likeness (QED) is 0.736. The van der Waals surface area contributed by atoms with Gasteiger partial charge in [0.05, 0.1) is 27.9 Å². The lowest BCUT2D eigenvalue weighted by Crippen LogP contribution is -2.25. The minimum atomic E-state index is -3.80. The normalized spacial score (nSPS) is 10.8. The van der Waals surface area contributed by atoms with Crippen LogP contribution in [0.2, 0.25) is 10.0 Å². The first-order chi connectivity index (χ1) is 11.8. The van der Waals surface area contributed by atoms with Gasteiger partial charge in [-0.25, -0.2) is 8.42 Å². The average molecular weight is 397 g/mol. The topological polar surface area (TPSA) is 75.3 Å². The van der Waals surface area contributed by atoms with E-state index in [0.717, 1.165) is 5.56 Å². The smallest absolute Gasteiger partial charge is 0.261 e. The molecule has 25 heavy (non-hydrogen) atoms. The number of amides is 1. The maximum absolute atomic E-state index is 12.4. The number of rotatable bonds is 6. The van der Waals surface area contributed by atoms with Gasteiger partial charge in [-0.1, -0.05) is 41.3 Å². The van der Waals surface area contributed by atoms with E-state index in [1.807, 2.05) is 0 Å². The molecule has 2 N–H and O–H groups in total. The molecule has 0 spiro atoms. The van der Waals surface area contributed by atoms with E-state index in [1.165, 1.54) is 18.2 Å². The number of benzene rings is 2. The van der Waals surface area contributed by atoms with Crippen LogP contribution in [0.15, 0.2) is 47.4 Å². The van der Waals surface area contributed by atoms with E-state index >= 15 is 0 Å². The molecule has 2 aromatic rings. The van der Waals surface area contributed by atoms with Gasteiger partial charge in [0, 0.05) is 5.69 Å². The summed E-state index contributed by atoms with van der Waals surface area (Å²) in [7, 11) is -3.80. The van der Waals surface area contributed by atoms with Crippen LogP contribution < -0.4 is 10.0 Å². The van der Waals surface area contributed by atoms with E-state index in [2.05, 4.69) is 16.0 Å². The Kier molecular flexibility index (Phi) is 6.32. The van der Waals surface area contributed by atoms with E-state index in [1.54, 1.807) is 24.3 Å². The van der Waals surface area contributed by atoms with Gasteiger partial charge < -0.3 is 5.32 Å². The van der Waals surface area contributed by atoms with Gasteiger partial charge >= 0.3 is 0 Å². The van der Waals surface area contributed by atoms with Crippen molar-refractivity contribution in [3.8, 4) is 12.3 Å². The van der Waals surface area contributed by atoms with E-state index in [0.29, 0.717) is 5.69 Å². The maximum atomic E-state index is 12.4. The SMILES string of the molecule is C#CCNC(=O)Cc1ccc(NS(=O)(=O)c2ccc(Cl)c(Cl)c2)cc1. The fourth-order valence-corrected chi connectivity index (χ4v) is 3.39. The van der Waals surface area contributed by atoms with Gasteiger partial charge in [-0.2, -0.15) is 0 Å². The van der Waals surface area contributed by atoms with Crippen LogP contribution in [0.25, 0.3) is 0 Å². The first kappa shape index (κ1) is 19.1. The largest absolute Gasteiger partial charge is 0.345 e. The van der Waals surface area contributed by atoms with Gasteiger partial charge in [0.1, 0.15) is 0 Å². The first-order valence-corrected chi connectivity index (χ1v) is 9.33. The van der Waals surface area contributed by atoms with Crippen LogP contribution in [-0.4, -0.2) is 20.9 Å². The van der Waals surface area contributed by atoms with E-state index in [-0.39, 0.29) is 33.8 Å². The highest BCUT2D eigenvalue weighted by Gasteiger charge is 2.15. The highest BCUT2D eigenvalue weighted by molar-refractivity contribution is 7.92. The molecule has 0 aliphatic heterocycles. The zero-order valence-electron chi connectivity index (χ0n) is 12.9. The molecule has 130 valence electrons. The predicted molar refractivity (Wildman–Crippen MR) is 99.3 cm³/mol. The molecule has 0 bridgehead atoms. The maximum Gasteiger partial charge on any atom is 0.261 e. The molecule has 0 saturated heterocycles. The van der Waals surface area contributed by atoms with E-state index in [9.17, 15) is 13.2 Å². The second-order valence-corrected chi connectivity index (χ2v) is 7.53. The van der Waals surface area contributed by atoms with Crippen molar-refractivity contribution in [1.29, 1.82) is 0 Å². The van der Waals surface area contributed by atoms with Gasteiger partial charge in [0.2, 0.25) is 5.91 Å². The summed E-state index contributed by atoms with van der Waals surface area (Å²) < 4.78 is 27.1. The molecule has 5 nitrogen and oxygen atoms in total. The third kappa shape index (κ3) is 5.40. The molecule has 0 saturated carbocycles. The number of nitrogens with one attached hydrogen (secondary N) is 2. The molecule has 0 fully saturated rings. The van der Waals surface area contributed by atoms with Crippen LogP contribution in [0.5, 0.6) is 0 Å². The standard InChI is InChI=1S/C17H14Cl2N2O3S/c1-2-9-20-17(22)10-12-3-5-13(6-4-12)21-25(23,24)14-7-8-15(18)16(19)11-14/h1,3-8,11,21H,9-10H2,(H,20,22). The lowest BCUT2D eigenvalue weighted by atomic mass is 10.1. The highest BCUT2D eigenvalue weighted by atomic mass is 35.5. The van der Waals surface area contributed by atoms with Crippen molar-refractivity contribution in [2.45, 2.75) is 11.3 Å². The Morgan fingerprint density at radius 3 is 2.36 bits per heavy atom. The fraction of sp³-hybridized carbons (Fsp3) is 0.118. The summed E-state index contributed by atoms with van der Waals surface area (Å²) in [5, 5.41) is 2.98. The molecular weight excluding hydrogens is 383 g/mol. The molecule has 0 radical (unpaired) electrons. The molecule has 0 unspecified atom stereocenters. The molecule has 1 amide bonds. The lowest BCUT2D eigenvalue weighted by Gasteiger charge is -2.09. The van der Waals surface area contributed by atoms with Gasteiger partial charge in [-0.05, 0) is 35.9 Å². The number of anilines is 1. The Morgan fingerprint density at radius 2 is 1.76 bits per heavy atom. The summed E-state index contributed by atoms with van der Waals surface area (Å²) in [6.07, 6.45) is 5.22. The van der Waals surface area contributed by atoms with Crippen LogP contribution >= 0.6 is 23.2 Å². The minimum absolute atomic E-state index is 0.000334. The molecule has 2 rings (SSSR count). The van der Waals surface area contributed by atoms with Crippen molar-refractivity contribution in [2.75, 3.05) is 11.3 Å². The Bertz CT molecular complexity index is 920. The fourth-order valence-electron chi connectivity index (χ4n) is 1.95. The summed E-state index contributed by atoms with van der Waals surface area (Å²) in [5.41, 5.74) is 1.09. The number of carbonyl (C=O) groups is 1. The molecule has 0 aliphatic rings. The Hall–Kier alpha value is -2.20. The lowest BCUT2D eigenvalue weighted by molar-refractivity contribution is -0.120. The Balaban J connectivity index is 2.08. The van der Waals surface area contributed by atoms with Gasteiger partial charge in [0.25, 0.3) is 10.0 Å². The molecule has 2 aromatic carbocycles. The third-order valence-electron chi connectivity index (χ3n) is 3.16. The third-order valence-corrected chi connectivity index (χ3v) is 5.28. The van der Waals surface area contributed by atoms with Crippen LogP contribution in [-0.2, 0) is 21.2 Å². The van der Waals surface area contributed by atoms with E-state index in [4.69, 9.17) is 29.6 Å². The van der Waals surface area contributed by atoms with Crippen molar-refractivity contribution >= 4 is 44.8 Å².